The number of rotatable bonds is 2. The first-order chi connectivity index (χ1) is 8.13. The molecule has 1 saturated heterocycles. The van der Waals surface area contributed by atoms with Gasteiger partial charge in [0.15, 0.2) is 11.6 Å². The van der Waals surface area contributed by atoms with Gasteiger partial charge in [-0.05, 0) is 6.42 Å². The number of aryl methyl sites for hydroxylation is 1. The molecule has 1 aliphatic rings. The van der Waals surface area contributed by atoms with Crippen LogP contribution in [0.15, 0.2) is 6.33 Å². The third-order valence-corrected chi connectivity index (χ3v) is 3.15. The topological polar surface area (TPSA) is 46.1 Å². The van der Waals surface area contributed by atoms with E-state index < -0.39 is 0 Å². The largest absolute Gasteiger partial charge is 0.353 e. The molecule has 5 heteroatoms. The van der Waals surface area contributed by atoms with Crippen molar-refractivity contribution < 1.29 is 9.18 Å². The minimum atomic E-state index is -0.350. The van der Waals surface area contributed by atoms with E-state index in [9.17, 15) is 9.18 Å². The molecule has 0 spiro atoms. The molecule has 92 valence electrons. The Morgan fingerprint density at radius 2 is 2.29 bits per heavy atom. The molecule has 1 fully saturated rings. The number of piperidine rings is 1. The summed E-state index contributed by atoms with van der Waals surface area (Å²) in [6.45, 7) is 4.81. The lowest BCUT2D eigenvalue weighted by Gasteiger charge is -2.31. The molecule has 1 aliphatic heterocycles. The maximum Gasteiger partial charge on any atom is 0.187 e. The molecular weight excluding hydrogens is 221 g/mol. The zero-order chi connectivity index (χ0) is 12.4. The Bertz CT molecular complexity index is 436. The van der Waals surface area contributed by atoms with Crippen LogP contribution in [0.3, 0.4) is 0 Å². The fourth-order valence-corrected chi connectivity index (χ4v) is 2.07. The first-order valence-electron chi connectivity index (χ1n) is 5.90. The van der Waals surface area contributed by atoms with Gasteiger partial charge in [-0.1, -0.05) is 13.8 Å². The van der Waals surface area contributed by atoms with Gasteiger partial charge in [0.25, 0.3) is 0 Å². The number of Topliss-reactive ketones (excluding diaryl/α,β-unsaturated/α-hetero) is 1. The van der Waals surface area contributed by atoms with Crippen LogP contribution in [0.4, 0.5) is 10.2 Å². The van der Waals surface area contributed by atoms with Gasteiger partial charge in [0.2, 0.25) is 0 Å². The Balaban J connectivity index is 2.26. The monoisotopic (exact) mass is 237 g/mol. The molecule has 4 nitrogen and oxygen atoms in total. The summed E-state index contributed by atoms with van der Waals surface area (Å²) in [6.07, 6.45) is 2.40. The van der Waals surface area contributed by atoms with E-state index >= 15 is 0 Å². The maximum absolute atomic E-state index is 14.0. The van der Waals surface area contributed by atoms with Crippen LogP contribution in [0, 0.1) is 11.7 Å². The van der Waals surface area contributed by atoms with Crippen LogP contribution >= 0.6 is 0 Å². The van der Waals surface area contributed by atoms with E-state index in [1.165, 1.54) is 6.33 Å². The highest BCUT2D eigenvalue weighted by atomic mass is 19.1. The van der Waals surface area contributed by atoms with Gasteiger partial charge >= 0.3 is 0 Å². The molecule has 1 aromatic rings. The summed E-state index contributed by atoms with van der Waals surface area (Å²) in [7, 11) is 0. The van der Waals surface area contributed by atoms with E-state index in [1.807, 2.05) is 18.7 Å². The predicted octanol–water partition coefficient (Wildman–Crippen LogP) is 1.59. The van der Waals surface area contributed by atoms with E-state index in [-0.39, 0.29) is 17.5 Å². The quantitative estimate of drug-likeness (QED) is 0.783. The highest BCUT2D eigenvalue weighted by molar-refractivity contribution is 5.83. The van der Waals surface area contributed by atoms with Crippen molar-refractivity contribution in [2.45, 2.75) is 26.7 Å². The lowest BCUT2D eigenvalue weighted by molar-refractivity contribution is -0.122. The normalized spacial score (nSPS) is 20.8. The summed E-state index contributed by atoms with van der Waals surface area (Å²) in [4.78, 5) is 21.2. The second-order valence-electron chi connectivity index (χ2n) is 4.37. The van der Waals surface area contributed by atoms with Crippen molar-refractivity contribution in [2.75, 3.05) is 18.0 Å². The van der Waals surface area contributed by atoms with Crippen molar-refractivity contribution in [3.8, 4) is 0 Å². The van der Waals surface area contributed by atoms with Crippen LogP contribution in [-0.2, 0) is 11.2 Å². The van der Waals surface area contributed by atoms with Gasteiger partial charge < -0.3 is 4.90 Å². The maximum atomic E-state index is 14.0. The second-order valence-corrected chi connectivity index (χ2v) is 4.37. The Morgan fingerprint density at radius 1 is 1.53 bits per heavy atom. The summed E-state index contributed by atoms with van der Waals surface area (Å²) < 4.78 is 14.0. The molecule has 0 amide bonds. The van der Waals surface area contributed by atoms with Gasteiger partial charge in [-0.25, -0.2) is 14.4 Å². The van der Waals surface area contributed by atoms with Crippen LogP contribution in [0.5, 0.6) is 0 Å². The number of anilines is 1. The van der Waals surface area contributed by atoms with Crippen LogP contribution in [0.25, 0.3) is 0 Å². The zero-order valence-corrected chi connectivity index (χ0v) is 10.1. The van der Waals surface area contributed by atoms with Crippen LogP contribution in [0.2, 0.25) is 0 Å². The third-order valence-electron chi connectivity index (χ3n) is 3.15. The van der Waals surface area contributed by atoms with Crippen LogP contribution < -0.4 is 4.90 Å². The van der Waals surface area contributed by atoms with E-state index in [0.29, 0.717) is 37.4 Å². The number of halogens is 1. The fraction of sp³-hybridized carbons (Fsp3) is 0.583. The Morgan fingerprint density at radius 3 is 2.94 bits per heavy atom. The van der Waals surface area contributed by atoms with Crippen molar-refractivity contribution in [1.29, 1.82) is 0 Å². The molecule has 1 unspecified atom stereocenters. The molecule has 1 atom stereocenters. The molecule has 0 aliphatic carbocycles. The average molecular weight is 237 g/mol. The zero-order valence-electron chi connectivity index (χ0n) is 10.1. The first-order valence-corrected chi connectivity index (χ1v) is 5.90. The van der Waals surface area contributed by atoms with Gasteiger partial charge in [-0.3, -0.25) is 4.79 Å². The molecule has 1 aromatic heterocycles. The summed E-state index contributed by atoms with van der Waals surface area (Å²) >= 11 is 0. The molecule has 0 saturated carbocycles. The molecule has 2 heterocycles. The smallest absolute Gasteiger partial charge is 0.187 e. The van der Waals surface area contributed by atoms with E-state index in [0.717, 1.165) is 0 Å². The summed E-state index contributed by atoms with van der Waals surface area (Å²) in [5.74, 6) is 0.169. The lowest BCUT2D eigenvalue weighted by Crippen LogP contribution is -2.40. The SMILES string of the molecule is CCc1ncnc(N2CCC(=O)C(C)C2)c1F. The Hall–Kier alpha value is -1.52. The van der Waals surface area contributed by atoms with E-state index in [1.54, 1.807) is 0 Å². The Kier molecular flexibility index (Phi) is 3.36. The first kappa shape index (κ1) is 12.0. The van der Waals surface area contributed by atoms with Crippen molar-refractivity contribution in [2.24, 2.45) is 5.92 Å². The fourth-order valence-electron chi connectivity index (χ4n) is 2.07. The molecular formula is C12H16FN3O. The highest BCUT2D eigenvalue weighted by Crippen LogP contribution is 2.23. The number of nitrogens with zero attached hydrogens (tertiary/aromatic N) is 3. The lowest BCUT2D eigenvalue weighted by atomic mass is 9.98. The number of hydrogen-bond acceptors (Lipinski definition) is 4. The van der Waals surface area contributed by atoms with Crippen molar-refractivity contribution in [3.63, 3.8) is 0 Å². The van der Waals surface area contributed by atoms with Crippen molar-refractivity contribution in [1.82, 2.24) is 9.97 Å². The second kappa shape index (κ2) is 4.77. The number of hydrogen-bond donors (Lipinski definition) is 0. The molecule has 0 N–H and O–H groups in total. The van der Waals surface area contributed by atoms with Gasteiger partial charge in [-0.2, -0.15) is 0 Å². The summed E-state index contributed by atoms with van der Waals surface area (Å²) in [6, 6.07) is 0. The molecule has 2 rings (SSSR count). The third kappa shape index (κ3) is 2.28. The number of carbonyl (C=O) groups is 1. The van der Waals surface area contributed by atoms with Crippen LogP contribution in [0.1, 0.15) is 26.0 Å². The van der Waals surface area contributed by atoms with Gasteiger partial charge in [0.1, 0.15) is 12.1 Å². The highest BCUT2D eigenvalue weighted by Gasteiger charge is 2.26. The van der Waals surface area contributed by atoms with Crippen molar-refractivity contribution in [3.05, 3.63) is 17.8 Å². The minimum absolute atomic E-state index is 0.0526. The van der Waals surface area contributed by atoms with E-state index in [4.69, 9.17) is 0 Å². The molecule has 0 radical (unpaired) electrons. The molecule has 0 bridgehead atoms. The summed E-state index contributed by atoms with van der Waals surface area (Å²) in [5, 5.41) is 0. The number of aromatic nitrogens is 2. The summed E-state index contributed by atoms with van der Waals surface area (Å²) in [5.41, 5.74) is 0.430. The van der Waals surface area contributed by atoms with Crippen molar-refractivity contribution >= 4 is 11.6 Å². The van der Waals surface area contributed by atoms with Crippen LogP contribution in [-0.4, -0.2) is 28.8 Å². The number of ketones is 1. The average Bonchev–Trinajstić information content (AvgIpc) is 2.33. The van der Waals surface area contributed by atoms with E-state index in [2.05, 4.69) is 9.97 Å². The van der Waals surface area contributed by atoms with Gasteiger partial charge in [0.05, 0.1) is 5.69 Å². The Labute approximate surface area is 99.9 Å². The molecule has 17 heavy (non-hydrogen) atoms. The minimum Gasteiger partial charge on any atom is -0.353 e. The predicted molar refractivity (Wildman–Crippen MR) is 62.4 cm³/mol. The number of carbonyl (C=O) groups excluding carboxylic acids is 1. The molecule has 0 aromatic carbocycles. The standard InChI is InChI=1S/C12H16FN3O/c1-3-9-11(13)12(15-7-14-9)16-5-4-10(17)8(2)6-16/h7-8H,3-6H2,1-2H3. The van der Waals surface area contributed by atoms with Gasteiger partial charge in [0, 0.05) is 25.4 Å². The van der Waals surface area contributed by atoms with Gasteiger partial charge in [-0.15, -0.1) is 0 Å².